The van der Waals surface area contributed by atoms with E-state index in [0.717, 1.165) is 4.47 Å². The molecule has 29 heavy (non-hydrogen) atoms. The Balaban J connectivity index is 1.66. The van der Waals surface area contributed by atoms with Crippen molar-refractivity contribution in [3.05, 3.63) is 81.2 Å². The predicted octanol–water partition coefficient (Wildman–Crippen LogP) is 6.37. The van der Waals surface area contributed by atoms with Crippen LogP contribution < -0.4 is 15.4 Å². The van der Waals surface area contributed by atoms with Gasteiger partial charge < -0.3 is 10.6 Å². The summed E-state index contributed by atoms with van der Waals surface area (Å²) in [4.78, 5) is 0.118. The van der Waals surface area contributed by atoms with E-state index in [0.29, 0.717) is 32.2 Å². The molecule has 0 bridgehead atoms. The second-order valence-electron chi connectivity index (χ2n) is 5.84. The lowest BCUT2D eigenvalue weighted by Crippen LogP contribution is -2.19. The van der Waals surface area contributed by atoms with Crippen LogP contribution in [0.1, 0.15) is 0 Å². The van der Waals surface area contributed by atoms with Crippen molar-refractivity contribution in [2.45, 2.75) is 4.90 Å². The van der Waals surface area contributed by atoms with Crippen molar-refractivity contribution >= 4 is 83.5 Å². The van der Waals surface area contributed by atoms with Crippen molar-refractivity contribution in [3.63, 3.8) is 0 Å². The molecule has 0 amide bonds. The number of halogens is 3. The van der Waals surface area contributed by atoms with Gasteiger partial charge in [-0.2, -0.15) is 0 Å². The second kappa shape index (κ2) is 9.32. The lowest BCUT2D eigenvalue weighted by Gasteiger charge is -2.13. The van der Waals surface area contributed by atoms with Gasteiger partial charge in [0.2, 0.25) is 0 Å². The van der Waals surface area contributed by atoms with E-state index in [1.54, 1.807) is 48.5 Å². The first-order chi connectivity index (χ1) is 13.7. The molecule has 0 radical (unpaired) electrons. The van der Waals surface area contributed by atoms with Gasteiger partial charge in [-0.25, -0.2) is 8.42 Å². The molecule has 3 N–H and O–H groups in total. The van der Waals surface area contributed by atoms with Gasteiger partial charge in [0.25, 0.3) is 10.0 Å². The number of hydrogen-bond donors (Lipinski definition) is 3. The summed E-state index contributed by atoms with van der Waals surface area (Å²) < 4.78 is 28.4. The summed E-state index contributed by atoms with van der Waals surface area (Å²) in [6.45, 7) is 0. The van der Waals surface area contributed by atoms with E-state index >= 15 is 0 Å². The van der Waals surface area contributed by atoms with Gasteiger partial charge in [-0.3, -0.25) is 4.72 Å². The third-order valence-electron chi connectivity index (χ3n) is 3.70. The molecule has 0 fully saturated rings. The molecule has 0 atom stereocenters. The highest BCUT2D eigenvalue weighted by Crippen LogP contribution is 2.26. The summed E-state index contributed by atoms with van der Waals surface area (Å²) in [5.74, 6) is 0. The van der Waals surface area contributed by atoms with Crippen molar-refractivity contribution in [3.8, 4) is 0 Å². The Labute approximate surface area is 192 Å². The van der Waals surface area contributed by atoms with Crippen LogP contribution in [0.5, 0.6) is 0 Å². The monoisotopic (exact) mass is 529 g/mol. The van der Waals surface area contributed by atoms with Gasteiger partial charge in [0.1, 0.15) is 0 Å². The third kappa shape index (κ3) is 6.07. The maximum atomic E-state index is 12.5. The van der Waals surface area contributed by atoms with Crippen LogP contribution in [0.3, 0.4) is 0 Å². The zero-order valence-electron chi connectivity index (χ0n) is 14.6. The second-order valence-corrected chi connectivity index (χ2v) is 9.69. The number of thiocarbonyl (C=S) groups is 1. The lowest BCUT2D eigenvalue weighted by molar-refractivity contribution is 0.601. The maximum absolute atomic E-state index is 12.5. The Morgan fingerprint density at radius 3 is 2.10 bits per heavy atom. The smallest absolute Gasteiger partial charge is 0.261 e. The molecular formula is C19H14BrCl2N3O2S2. The van der Waals surface area contributed by atoms with E-state index in [1.165, 1.54) is 12.1 Å². The van der Waals surface area contributed by atoms with Gasteiger partial charge in [-0.15, -0.1) is 0 Å². The molecule has 0 spiro atoms. The molecule has 0 heterocycles. The Hall–Kier alpha value is -1.84. The van der Waals surface area contributed by atoms with Crippen molar-refractivity contribution in [2.24, 2.45) is 0 Å². The van der Waals surface area contributed by atoms with E-state index in [2.05, 4.69) is 31.3 Å². The van der Waals surface area contributed by atoms with Crippen molar-refractivity contribution in [2.75, 3.05) is 15.4 Å². The lowest BCUT2D eigenvalue weighted by atomic mass is 10.3. The van der Waals surface area contributed by atoms with E-state index in [9.17, 15) is 8.42 Å². The molecule has 0 saturated carbocycles. The minimum atomic E-state index is -3.72. The molecule has 3 rings (SSSR count). The fourth-order valence-electron chi connectivity index (χ4n) is 2.32. The maximum Gasteiger partial charge on any atom is 0.261 e. The number of nitrogens with one attached hydrogen (secondary N) is 3. The summed E-state index contributed by atoms with van der Waals surface area (Å²) in [6, 6.07) is 18.0. The molecule has 3 aromatic rings. The Bertz CT molecular complexity index is 1140. The number of hydrogen-bond acceptors (Lipinski definition) is 3. The van der Waals surface area contributed by atoms with Gasteiger partial charge >= 0.3 is 0 Å². The van der Waals surface area contributed by atoms with Crippen molar-refractivity contribution in [1.82, 2.24) is 0 Å². The normalized spacial score (nSPS) is 11.0. The van der Waals surface area contributed by atoms with Crippen LogP contribution >= 0.6 is 51.3 Å². The molecule has 0 aliphatic heterocycles. The molecule has 3 aromatic carbocycles. The predicted molar refractivity (Wildman–Crippen MR) is 128 cm³/mol. The number of rotatable bonds is 5. The fraction of sp³-hybridized carbons (Fsp3) is 0. The molecule has 5 nitrogen and oxygen atoms in total. The Kier molecular flexibility index (Phi) is 7.02. The van der Waals surface area contributed by atoms with Crippen LogP contribution in [0.15, 0.2) is 76.1 Å². The number of benzene rings is 3. The topological polar surface area (TPSA) is 70.2 Å². The first kappa shape index (κ1) is 21.9. The molecule has 150 valence electrons. The summed E-state index contributed by atoms with van der Waals surface area (Å²) in [5.41, 5.74) is 1.70. The number of sulfonamides is 1. The van der Waals surface area contributed by atoms with Gasteiger partial charge in [-0.1, -0.05) is 39.1 Å². The average molecular weight is 531 g/mol. The van der Waals surface area contributed by atoms with Gasteiger partial charge in [0, 0.05) is 20.9 Å². The SMILES string of the molecule is O=S(=O)(Nc1ccc(Cl)cc1)c1ccc(NC(=S)Nc2ccc(Br)cc2Cl)cc1. The minimum Gasteiger partial charge on any atom is -0.332 e. The Morgan fingerprint density at radius 1 is 0.862 bits per heavy atom. The largest absolute Gasteiger partial charge is 0.332 e. The minimum absolute atomic E-state index is 0.118. The highest BCUT2D eigenvalue weighted by Gasteiger charge is 2.14. The van der Waals surface area contributed by atoms with Crippen molar-refractivity contribution in [1.29, 1.82) is 0 Å². The van der Waals surface area contributed by atoms with Crippen LogP contribution in [-0.2, 0) is 10.0 Å². The quantitative estimate of drug-likeness (QED) is 0.334. The van der Waals surface area contributed by atoms with Gasteiger partial charge in [0.05, 0.1) is 15.6 Å². The summed E-state index contributed by atoms with van der Waals surface area (Å²) in [7, 11) is -3.72. The van der Waals surface area contributed by atoms with E-state index < -0.39 is 10.0 Å². The highest BCUT2D eigenvalue weighted by molar-refractivity contribution is 9.10. The van der Waals surface area contributed by atoms with Crippen molar-refractivity contribution < 1.29 is 8.42 Å². The summed E-state index contributed by atoms with van der Waals surface area (Å²) in [6.07, 6.45) is 0. The van der Waals surface area contributed by atoms with Crippen LogP contribution in [0.25, 0.3) is 0 Å². The number of anilines is 3. The van der Waals surface area contributed by atoms with Crippen LogP contribution in [0.4, 0.5) is 17.1 Å². The van der Waals surface area contributed by atoms with E-state index in [4.69, 9.17) is 35.4 Å². The molecular weight excluding hydrogens is 517 g/mol. The Morgan fingerprint density at radius 2 is 1.48 bits per heavy atom. The molecule has 0 aliphatic rings. The first-order valence-corrected chi connectivity index (χ1v) is 11.6. The summed E-state index contributed by atoms with van der Waals surface area (Å²) in [5, 5.41) is 7.34. The highest BCUT2D eigenvalue weighted by atomic mass is 79.9. The molecule has 0 aromatic heterocycles. The first-order valence-electron chi connectivity index (χ1n) is 8.14. The fourth-order valence-corrected chi connectivity index (χ4v) is 4.46. The molecule has 10 heteroatoms. The summed E-state index contributed by atoms with van der Waals surface area (Å²) >= 11 is 20.6. The van der Waals surface area contributed by atoms with E-state index in [-0.39, 0.29) is 4.90 Å². The van der Waals surface area contributed by atoms with Crippen LogP contribution in [-0.4, -0.2) is 13.5 Å². The van der Waals surface area contributed by atoms with Gasteiger partial charge in [-0.05, 0) is 78.9 Å². The molecule has 0 unspecified atom stereocenters. The zero-order valence-corrected chi connectivity index (χ0v) is 19.3. The van der Waals surface area contributed by atoms with Gasteiger partial charge in [0.15, 0.2) is 5.11 Å². The van der Waals surface area contributed by atoms with Crippen LogP contribution in [0.2, 0.25) is 10.0 Å². The standard InChI is InChI=1S/C19H14BrCl2N3O2S2/c20-12-1-10-18(17(22)11-12)24-19(28)23-14-6-8-16(9-7-14)29(26,27)25-15-4-2-13(21)3-5-15/h1-11,25H,(H2,23,24,28). The average Bonchev–Trinajstić information content (AvgIpc) is 2.66. The molecule has 0 aliphatic carbocycles. The van der Waals surface area contributed by atoms with E-state index in [1.807, 2.05) is 6.07 Å². The molecule has 0 saturated heterocycles. The third-order valence-corrected chi connectivity index (χ3v) is 6.36. The van der Waals surface area contributed by atoms with Crippen LogP contribution in [0, 0.1) is 0 Å². The zero-order chi connectivity index (χ0) is 21.0.